The van der Waals surface area contributed by atoms with Gasteiger partial charge in [-0.15, -0.1) is 0 Å². The predicted octanol–water partition coefficient (Wildman–Crippen LogP) is 3.17. The molecule has 1 saturated heterocycles. The molecule has 22 heavy (non-hydrogen) atoms. The van der Waals surface area contributed by atoms with E-state index in [1.54, 1.807) is 11.1 Å². The van der Waals surface area contributed by atoms with Crippen LogP contribution in [0, 0.1) is 0 Å². The topological polar surface area (TPSA) is 54.5 Å². The van der Waals surface area contributed by atoms with Crippen LogP contribution in [0.5, 0.6) is 0 Å². The lowest BCUT2D eigenvalue weighted by molar-refractivity contribution is 0.186. The van der Waals surface area contributed by atoms with Crippen LogP contribution in [0.25, 0.3) is 0 Å². The van der Waals surface area contributed by atoms with Crippen molar-refractivity contribution in [2.45, 2.75) is 57.2 Å². The quantitative estimate of drug-likeness (QED) is 0.851. The van der Waals surface area contributed by atoms with E-state index < -0.39 is 0 Å². The monoisotopic (exact) mass is 319 g/mol. The Kier molecular flexibility index (Phi) is 4.57. The van der Waals surface area contributed by atoms with Gasteiger partial charge in [0.05, 0.1) is 11.7 Å². The van der Waals surface area contributed by atoms with Crippen molar-refractivity contribution in [1.82, 2.24) is 15.2 Å². The molecule has 2 heterocycles. The molecule has 2 aliphatic rings. The summed E-state index contributed by atoms with van der Waals surface area (Å²) in [4.78, 5) is 18.4. The van der Waals surface area contributed by atoms with Crippen molar-refractivity contribution in [2.75, 3.05) is 0 Å². The van der Waals surface area contributed by atoms with Gasteiger partial charge in [-0.1, -0.05) is 25.3 Å². The predicted molar refractivity (Wildman–Crippen MR) is 87.4 cm³/mol. The van der Waals surface area contributed by atoms with Gasteiger partial charge < -0.3 is 10.1 Å². The van der Waals surface area contributed by atoms with E-state index in [9.17, 15) is 4.79 Å². The molecule has 1 N–H and O–H groups in total. The largest absolute Gasteiger partial charge is 0.458 e. The maximum atomic E-state index is 12.5. The first-order chi connectivity index (χ1) is 10.7. The molecule has 0 radical (unpaired) electrons. The van der Waals surface area contributed by atoms with E-state index in [2.05, 4.69) is 10.3 Å². The summed E-state index contributed by atoms with van der Waals surface area (Å²) in [7, 11) is 0. The van der Waals surface area contributed by atoms with E-state index in [4.69, 9.17) is 17.0 Å². The zero-order valence-corrected chi connectivity index (χ0v) is 13.5. The molecule has 2 atom stereocenters. The zero-order chi connectivity index (χ0) is 15.5. The van der Waals surface area contributed by atoms with Gasteiger partial charge in [0.25, 0.3) is 5.17 Å². The Morgan fingerprint density at radius 2 is 2.14 bits per heavy atom. The molecule has 118 valence electrons. The van der Waals surface area contributed by atoms with Crippen LogP contribution >= 0.6 is 12.2 Å². The van der Waals surface area contributed by atoms with Crippen LogP contribution in [0.1, 0.15) is 50.8 Å². The van der Waals surface area contributed by atoms with E-state index in [0.717, 1.165) is 18.5 Å². The molecule has 1 aliphatic heterocycles. The van der Waals surface area contributed by atoms with E-state index in [-0.39, 0.29) is 29.4 Å². The summed E-state index contributed by atoms with van der Waals surface area (Å²) in [6.45, 7) is 1.94. The summed E-state index contributed by atoms with van der Waals surface area (Å²) >= 11 is 5.25. The van der Waals surface area contributed by atoms with Crippen LogP contribution in [-0.4, -0.2) is 33.2 Å². The van der Waals surface area contributed by atoms with Crippen molar-refractivity contribution in [2.24, 2.45) is 0 Å². The van der Waals surface area contributed by atoms with Gasteiger partial charge in [0.15, 0.2) is 6.10 Å². The molecule has 0 unspecified atom stereocenters. The first kappa shape index (κ1) is 15.2. The molecular formula is C16H21N3O2S. The zero-order valence-electron chi connectivity index (χ0n) is 12.7. The molecule has 6 heteroatoms. The van der Waals surface area contributed by atoms with Crippen LogP contribution in [-0.2, 0) is 4.74 Å². The summed E-state index contributed by atoms with van der Waals surface area (Å²) in [6.07, 6.45) is 7.13. The van der Waals surface area contributed by atoms with E-state index in [1.807, 2.05) is 25.1 Å². The number of urea groups is 1. The Hall–Kier alpha value is -1.69. The summed E-state index contributed by atoms with van der Waals surface area (Å²) in [6, 6.07) is 5.60. The number of nitrogens with zero attached hydrogens (tertiary/aromatic N) is 2. The fourth-order valence-corrected chi connectivity index (χ4v) is 3.53. The normalized spacial score (nSPS) is 25.9. The molecule has 3 rings (SSSR count). The molecule has 2 amide bonds. The van der Waals surface area contributed by atoms with Gasteiger partial charge in [-0.25, -0.2) is 9.69 Å². The third-order valence-electron chi connectivity index (χ3n) is 4.40. The average Bonchev–Trinajstić information content (AvgIpc) is 2.84. The first-order valence-electron chi connectivity index (χ1n) is 7.88. The van der Waals surface area contributed by atoms with Crippen molar-refractivity contribution >= 4 is 23.4 Å². The Morgan fingerprint density at radius 3 is 2.82 bits per heavy atom. The van der Waals surface area contributed by atoms with Crippen molar-refractivity contribution in [1.29, 1.82) is 0 Å². The fraction of sp³-hybridized carbons (Fsp3) is 0.562. The number of amides is 2. The maximum absolute atomic E-state index is 12.5. The van der Waals surface area contributed by atoms with E-state index in [0.29, 0.717) is 0 Å². The highest BCUT2D eigenvalue weighted by atomic mass is 32.1. The minimum absolute atomic E-state index is 0.150. The Labute approximate surface area is 136 Å². The molecule has 0 bridgehead atoms. The molecule has 2 fully saturated rings. The van der Waals surface area contributed by atoms with Gasteiger partial charge in [-0.2, -0.15) is 0 Å². The van der Waals surface area contributed by atoms with Crippen molar-refractivity contribution in [3.05, 3.63) is 30.1 Å². The third-order valence-corrected chi connectivity index (χ3v) is 4.69. The van der Waals surface area contributed by atoms with Crippen LogP contribution in [0.3, 0.4) is 0 Å². The number of pyridine rings is 1. The van der Waals surface area contributed by atoms with Crippen LogP contribution in [0.2, 0.25) is 0 Å². The van der Waals surface area contributed by atoms with Crippen molar-refractivity contribution in [3.8, 4) is 0 Å². The summed E-state index contributed by atoms with van der Waals surface area (Å²) < 4.78 is 5.72. The van der Waals surface area contributed by atoms with Gasteiger partial charge in [0.1, 0.15) is 0 Å². The lowest BCUT2D eigenvalue weighted by Crippen LogP contribution is -2.48. The Balaban J connectivity index is 1.68. The SMILES string of the molecule is C[C@@H]1[C@H](c2ccccn2)OC(=S)N1C(=O)NC1CCCCC1. The Morgan fingerprint density at radius 1 is 1.36 bits per heavy atom. The third kappa shape index (κ3) is 3.06. The first-order valence-corrected chi connectivity index (χ1v) is 8.29. The van der Waals surface area contributed by atoms with Crippen molar-refractivity contribution in [3.63, 3.8) is 0 Å². The summed E-state index contributed by atoms with van der Waals surface area (Å²) in [5, 5.41) is 3.33. The highest BCUT2D eigenvalue weighted by Gasteiger charge is 2.42. The number of carbonyl (C=O) groups excluding carboxylic acids is 1. The number of hydrogen-bond donors (Lipinski definition) is 1. The van der Waals surface area contributed by atoms with Crippen molar-refractivity contribution < 1.29 is 9.53 Å². The minimum Gasteiger partial charge on any atom is -0.458 e. The number of nitrogens with one attached hydrogen (secondary N) is 1. The molecule has 1 aromatic heterocycles. The van der Waals surface area contributed by atoms with Gasteiger partial charge in [0.2, 0.25) is 0 Å². The van der Waals surface area contributed by atoms with Crippen LogP contribution in [0.15, 0.2) is 24.4 Å². The Bertz CT molecular complexity index is 546. The van der Waals surface area contributed by atoms with Gasteiger partial charge in [-0.3, -0.25) is 4.98 Å². The second-order valence-corrected chi connectivity index (χ2v) is 6.30. The molecular weight excluding hydrogens is 298 g/mol. The van der Waals surface area contributed by atoms with Crippen LogP contribution < -0.4 is 5.32 Å². The van der Waals surface area contributed by atoms with E-state index >= 15 is 0 Å². The lowest BCUT2D eigenvalue weighted by Gasteiger charge is -2.27. The number of hydrogen-bond acceptors (Lipinski definition) is 4. The highest BCUT2D eigenvalue weighted by molar-refractivity contribution is 7.80. The number of aromatic nitrogens is 1. The molecule has 5 nitrogen and oxygen atoms in total. The maximum Gasteiger partial charge on any atom is 0.325 e. The smallest absolute Gasteiger partial charge is 0.325 e. The van der Waals surface area contributed by atoms with E-state index in [1.165, 1.54) is 19.3 Å². The summed E-state index contributed by atoms with van der Waals surface area (Å²) in [5.74, 6) is 0. The van der Waals surface area contributed by atoms with Crippen LogP contribution in [0.4, 0.5) is 4.79 Å². The average molecular weight is 319 g/mol. The number of carbonyl (C=O) groups is 1. The second kappa shape index (κ2) is 6.60. The number of ether oxygens (including phenoxy) is 1. The highest BCUT2D eigenvalue weighted by Crippen LogP contribution is 2.31. The molecule has 1 aliphatic carbocycles. The van der Waals surface area contributed by atoms with Gasteiger partial charge >= 0.3 is 6.03 Å². The molecule has 1 saturated carbocycles. The molecule has 0 spiro atoms. The van der Waals surface area contributed by atoms with Gasteiger partial charge in [-0.05, 0) is 44.1 Å². The summed E-state index contributed by atoms with van der Waals surface area (Å²) in [5.41, 5.74) is 0.797. The lowest BCUT2D eigenvalue weighted by atomic mass is 9.96. The molecule has 1 aromatic rings. The number of thiocarbonyl (C=S) groups is 1. The number of rotatable bonds is 2. The second-order valence-electron chi connectivity index (χ2n) is 5.95. The fourth-order valence-electron chi connectivity index (χ4n) is 3.18. The standard InChI is InChI=1S/C16H21N3O2S/c1-11-14(13-9-5-6-10-17-13)21-16(22)19(11)15(20)18-12-7-3-2-4-8-12/h5-6,9-12,14H,2-4,7-8H2,1H3,(H,18,20)/t11-,14-/m1/s1. The molecule has 0 aromatic carbocycles. The minimum atomic E-state index is -0.300. The van der Waals surface area contributed by atoms with Gasteiger partial charge in [0, 0.05) is 12.2 Å².